The zero-order valence-electron chi connectivity index (χ0n) is 21.5. The number of anilines is 2. The summed E-state index contributed by atoms with van der Waals surface area (Å²) in [5.74, 6) is -0.572. The average molecular weight is 525 g/mol. The van der Waals surface area contributed by atoms with E-state index in [1.807, 2.05) is 18.9 Å². The van der Waals surface area contributed by atoms with Crippen molar-refractivity contribution in [3.05, 3.63) is 64.9 Å². The summed E-state index contributed by atoms with van der Waals surface area (Å²) >= 11 is 0. The molecule has 1 aromatic carbocycles. The largest absolute Gasteiger partial charge is 0.416 e. The molecule has 1 N–H and O–H groups in total. The maximum atomic E-state index is 13.7. The van der Waals surface area contributed by atoms with E-state index in [2.05, 4.69) is 25.7 Å². The van der Waals surface area contributed by atoms with Crippen LogP contribution in [0.4, 0.5) is 24.5 Å². The molecule has 0 unspecified atom stereocenters. The van der Waals surface area contributed by atoms with Crippen LogP contribution in [0.15, 0.2) is 36.8 Å². The fourth-order valence-corrected chi connectivity index (χ4v) is 4.61. The molecule has 1 fully saturated rings. The van der Waals surface area contributed by atoms with Gasteiger partial charge in [-0.05, 0) is 57.4 Å². The Morgan fingerprint density at radius 2 is 1.76 bits per heavy atom. The predicted octanol–water partition coefficient (Wildman–Crippen LogP) is 4.86. The molecular formula is C26H27F3N8O. The normalized spacial score (nSPS) is 13.8. The van der Waals surface area contributed by atoms with Crippen molar-refractivity contribution in [3.63, 3.8) is 0 Å². The van der Waals surface area contributed by atoms with Gasteiger partial charge in [-0.2, -0.15) is 18.3 Å². The first-order chi connectivity index (χ1) is 18.0. The van der Waals surface area contributed by atoms with Crippen LogP contribution in [-0.4, -0.2) is 48.8 Å². The summed E-state index contributed by atoms with van der Waals surface area (Å²) in [6.07, 6.45) is 2.10. The van der Waals surface area contributed by atoms with E-state index in [4.69, 9.17) is 0 Å². The number of hydrogen-bond acceptors (Lipinski definition) is 6. The number of rotatable bonds is 5. The molecular weight excluding hydrogens is 497 g/mol. The third-order valence-corrected chi connectivity index (χ3v) is 6.98. The fourth-order valence-electron chi connectivity index (χ4n) is 4.61. The zero-order valence-corrected chi connectivity index (χ0v) is 21.5. The summed E-state index contributed by atoms with van der Waals surface area (Å²) in [7, 11) is 1.83. The number of carbonyl (C=O) groups excluding carboxylic acids is 1. The smallest absolute Gasteiger partial charge is 0.371 e. The number of benzene rings is 1. The molecule has 1 amide bonds. The van der Waals surface area contributed by atoms with Gasteiger partial charge in [0, 0.05) is 49.0 Å². The monoisotopic (exact) mass is 524 g/mol. The lowest BCUT2D eigenvalue weighted by Crippen LogP contribution is -2.22. The van der Waals surface area contributed by atoms with Crippen LogP contribution < -0.4 is 10.2 Å². The number of carbonyl (C=O) groups is 1. The molecule has 4 aromatic rings. The minimum absolute atomic E-state index is 0.115. The summed E-state index contributed by atoms with van der Waals surface area (Å²) in [6, 6.07) is 3.74. The van der Waals surface area contributed by atoms with Crippen LogP contribution in [-0.2, 0) is 13.2 Å². The first-order valence-corrected chi connectivity index (χ1v) is 12.2. The van der Waals surface area contributed by atoms with E-state index in [1.165, 1.54) is 10.9 Å². The van der Waals surface area contributed by atoms with E-state index >= 15 is 0 Å². The highest BCUT2D eigenvalue weighted by atomic mass is 19.4. The van der Waals surface area contributed by atoms with Crippen LogP contribution >= 0.6 is 0 Å². The number of amides is 1. The van der Waals surface area contributed by atoms with Gasteiger partial charge in [-0.15, -0.1) is 5.10 Å². The van der Waals surface area contributed by atoms with Crippen LogP contribution in [0.5, 0.6) is 0 Å². The highest BCUT2D eigenvalue weighted by molar-refractivity contribution is 6.05. The van der Waals surface area contributed by atoms with E-state index in [-0.39, 0.29) is 11.3 Å². The van der Waals surface area contributed by atoms with Gasteiger partial charge in [0.25, 0.3) is 5.91 Å². The van der Waals surface area contributed by atoms with Crippen LogP contribution in [0.1, 0.15) is 45.7 Å². The molecule has 1 aliphatic heterocycles. The Bertz CT molecular complexity index is 1520. The Labute approximate surface area is 217 Å². The molecule has 1 aliphatic rings. The average Bonchev–Trinajstić information content (AvgIpc) is 3.63. The number of aryl methyl sites for hydroxylation is 2. The molecule has 38 heavy (non-hydrogen) atoms. The highest BCUT2D eigenvalue weighted by Gasteiger charge is 2.33. The Hall–Kier alpha value is -4.22. The number of nitrogens with one attached hydrogen (secondary N) is 1. The number of aromatic nitrogens is 6. The van der Waals surface area contributed by atoms with Crippen molar-refractivity contribution < 1.29 is 18.0 Å². The highest BCUT2D eigenvalue weighted by Crippen LogP contribution is 2.38. The van der Waals surface area contributed by atoms with Gasteiger partial charge < -0.3 is 10.2 Å². The third-order valence-electron chi connectivity index (χ3n) is 6.98. The Morgan fingerprint density at radius 3 is 2.42 bits per heavy atom. The lowest BCUT2D eigenvalue weighted by Gasteiger charge is -2.24. The molecule has 0 bridgehead atoms. The lowest BCUT2D eigenvalue weighted by molar-refractivity contribution is -0.137. The number of nitrogens with zero attached hydrogens (tertiary/aromatic N) is 7. The minimum atomic E-state index is -4.54. The SMILES string of the molecule is Cc1ncc(C(=O)Nc2cc(C(F)(F)F)cc(N3CCCC3)c2C)cc1-n1cc(-c2cnn(C)c2C)nn1. The number of alkyl halides is 3. The van der Waals surface area contributed by atoms with Gasteiger partial charge in [0.1, 0.15) is 5.69 Å². The molecule has 0 spiro atoms. The minimum Gasteiger partial charge on any atom is -0.371 e. The summed E-state index contributed by atoms with van der Waals surface area (Å²) < 4.78 is 44.4. The molecule has 5 rings (SSSR count). The van der Waals surface area contributed by atoms with E-state index in [0.717, 1.165) is 36.2 Å². The Balaban J connectivity index is 1.46. The van der Waals surface area contributed by atoms with E-state index in [1.54, 1.807) is 37.0 Å². The second-order valence-corrected chi connectivity index (χ2v) is 9.46. The standard InChI is InChI=1S/C26H27F3N8O/c1-15-21(10-19(26(27,28)29)11-23(15)36-7-5-6-8-36)32-25(38)18-9-24(16(2)30-12-18)37-14-22(33-34-37)20-13-31-35(4)17(20)3/h9-14H,5-8H2,1-4H3,(H,32,38). The lowest BCUT2D eigenvalue weighted by atomic mass is 10.1. The zero-order chi connectivity index (χ0) is 27.2. The van der Waals surface area contributed by atoms with Gasteiger partial charge in [0.2, 0.25) is 0 Å². The van der Waals surface area contributed by atoms with Crippen molar-refractivity contribution >= 4 is 17.3 Å². The molecule has 198 valence electrons. The maximum Gasteiger partial charge on any atom is 0.416 e. The van der Waals surface area contributed by atoms with Crippen molar-refractivity contribution in [2.45, 2.75) is 39.8 Å². The van der Waals surface area contributed by atoms with Crippen molar-refractivity contribution in [3.8, 4) is 16.9 Å². The molecule has 4 heterocycles. The van der Waals surface area contributed by atoms with Gasteiger partial charge in [-0.3, -0.25) is 14.5 Å². The van der Waals surface area contributed by atoms with Gasteiger partial charge in [0.05, 0.1) is 34.9 Å². The first-order valence-electron chi connectivity index (χ1n) is 12.2. The quantitative estimate of drug-likeness (QED) is 0.401. The Morgan fingerprint density at radius 1 is 1.03 bits per heavy atom. The fraction of sp³-hybridized carbons (Fsp3) is 0.346. The molecule has 0 atom stereocenters. The third kappa shape index (κ3) is 4.73. The summed E-state index contributed by atoms with van der Waals surface area (Å²) in [5, 5.41) is 15.3. The van der Waals surface area contributed by atoms with Crippen molar-refractivity contribution in [2.75, 3.05) is 23.3 Å². The summed E-state index contributed by atoms with van der Waals surface area (Å²) in [5.41, 5.74) is 4.05. The number of hydrogen-bond donors (Lipinski definition) is 1. The molecule has 12 heteroatoms. The summed E-state index contributed by atoms with van der Waals surface area (Å²) in [6.45, 7) is 6.77. The van der Waals surface area contributed by atoms with E-state index in [9.17, 15) is 18.0 Å². The van der Waals surface area contributed by atoms with Gasteiger partial charge in [-0.25, -0.2) is 4.68 Å². The number of halogens is 3. The second-order valence-electron chi connectivity index (χ2n) is 9.46. The van der Waals surface area contributed by atoms with Gasteiger partial charge in [0.15, 0.2) is 0 Å². The topological polar surface area (TPSA) is 93.8 Å². The van der Waals surface area contributed by atoms with Gasteiger partial charge >= 0.3 is 6.18 Å². The van der Waals surface area contributed by atoms with Crippen molar-refractivity contribution in [1.29, 1.82) is 0 Å². The van der Waals surface area contributed by atoms with Crippen LogP contribution in [0.25, 0.3) is 16.9 Å². The van der Waals surface area contributed by atoms with Crippen molar-refractivity contribution in [2.24, 2.45) is 7.05 Å². The molecule has 0 aliphatic carbocycles. The van der Waals surface area contributed by atoms with Crippen LogP contribution in [0, 0.1) is 20.8 Å². The Kier molecular flexibility index (Phi) is 6.41. The second kappa shape index (κ2) is 9.58. The van der Waals surface area contributed by atoms with Crippen LogP contribution in [0.3, 0.4) is 0 Å². The molecule has 3 aromatic heterocycles. The van der Waals surface area contributed by atoms with Gasteiger partial charge in [-0.1, -0.05) is 5.21 Å². The first kappa shape index (κ1) is 25.4. The van der Waals surface area contributed by atoms with Crippen LogP contribution in [0.2, 0.25) is 0 Å². The van der Waals surface area contributed by atoms with E-state index in [0.29, 0.717) is 41.4 Å². The predicted molar refractivity (Wildman–Crippen MR) is 136 cm³/mol. The van der Waals surface area contributed by atoms with E-state index < -0.39 is 17.6 Å². The molecule has 0 saturated carbocycles. The molecule has 0 radical (unpaired) electrons. The summed E-state index contributed by atoms with van der Waals surface area (Å²) in [4.78, 5) is 19.5. The molecule has 9 nitrogen and oxygen atoms in total. The molecule has 1 saturated heterocycles. The maximum absolute atomic E-state index is 13.7. The van der Waals surface area contributed by atoms with Crippen molar-refractivity contribution in [1.82, 2.24) is 29.8 Å². The number of pyridine rings is 1.